The summed E-state index contributed by atoms with van der Waals surface area (Å²) in [7, 11) is 0. The first kappa shape index (κ1) is 19.0. The van der Waals surface area contributed by atoms with Gasteiger partial charge in [-0.05, 0) is 36.8 Å². The van der Waals surface area contributed by atoms with Crippen molar-refractivity contribution < 1.29 is 19.4 Å². The van der Waals surface area contributed by atoms with E-state index in [0.29, 0.717) is 28.4 Å². The molecule has 0 saturated heterocycles. The summed E-state index contributed by atoms with van der Waals surface area (Å²) in [4.78, 5) is 26.6. The first-order valence-electron chi connectivity index (χ1n) is 7.56. The monoisotopic (exact) mass is 374 g/mol. The first-order valence-corrected chi connectivity index (χ1v) is 7.94. The van der Waals surface area contributed by atoms with Crippen molar-refractivity contribution in [2.24, 2.45) is 0 Å². The summed E-state index contributed by atoms with van der Waals surface area (Å²) in [6.07, 6.45) is 1.66. The number of pyridine rings is 1. The maximum absolute atomic E-state index is 12.1. The molecule has 0 fully saturated rings. The van der Waals surface area contributed by atoms with Gasteiger partial charge >= 0.3 is 12.0 Å². The number of carbonyl (C=O) groups excluding carboxylic acids is 1. The molecule has 0 aliphatic heterocycles. The van der Waals surface area contributed by atoms with Gasteiger partial charge in [-0.3, -0.25) is 10.1 Å². The van der Waals surface area contributed by atoms with Crippen LogP contribution >= 0.6 is 11.6 Å². The third-order valence-corrected chi connectivity index (χ3v) is 3.35. The Balaban J connectivity index is 1.99. The molecule has 1 aromatic carbocycles. The third-order valence-electron chi connectivity index (χ3n) is 3.12. The van der Waals surface area contributed by atoms with Gasteiger partial charge in [-0.15, -0.1) is 0 Å². The van der Waals surface area contributed by atoms with E-state index in [1.54, 1.807) is 12.1 Å². The van der Waals surface area contributed by atoms with Crippen LogP contribution in [0.25, 0.3) is 0 Å². The molecule has 2 aromatic rings. The molecule has 2 amide bonds. The lowest BCUT2D eigenvalue weighted by atomic mass is 10.3. The van der Waals surface area contributed by atoms with Crippen LogP contribution < -0.4 is 15.4 Å². The lowest BCUT2D eigenvalue weighted by Crippen LogP contribution is -2.20. The number of rotatable bonds is 7. The van der Waals surface area contributed by atoms with Crippen LogP contribution in [0.2, 0.25) is 5.02 Å². The predicted octanol–water partition coefficient (Wildman–Crippen LogP) is 3.49. The molecule has 1 aromatic heterocycles. The second-order valence-electron chi connectivity index (χ2n) is 5.11. The number of urea groups is 1. The average Bonchev–Trinajstić information content (AvgIpc) is 2.60. The fraction of sp³-hybridized carbons (Fsp3) is 0.176. The molecule has 0 bridgehead atoms. The highest BCUT2D eigenvalue weighted by molar-refractivity contribution is 6.31. The SMILES string of the molecule is N#Cc1ccc(NC(=O)Nc2cc(Cl)ccc2OCCCC(=O)O)nc1. The largest absolute Gasteiger partial charge is 0.491 e. The van der Waals surface area contributed by atoms with Gasteiger partial charge in [-0.1, -0.05) is 11.6 Å². The number of carbonyl (C=O) groups is 2. The van der Waals surface area contributed by atoms with E-state index < -0.39 is 12.0 Å². The van der Waals surface area contributed by atoms with E-state index in [9.17, 15) is 9.59 Å². The van der Waals surface area contributed by atoms with Gasteiger partial charge in [0.2, 0.25) is 0 Å². The Morgan fingerprint density at radius 2 is 2.08 bits per heavy atom. The zero-order chi connectivity index (χ0) is 18.9. The fourth-order valence-electron chi connectivity index (χ4n) is 1.94. The number of hydrogen-bond acceptors (Lipinski definition) is 5. The summed E-state index contributed by atoms with van der Waals surface area (Å²) >= 11 is 5.95. The van der Waals surface area contributed by atoms with E-state index in [-0.39, 0.29) is 18.8 Å². The van der Waals surface area contributed by atoms with Crippen LogP contribution in [-0.2, 0) is 4.79 Å². The molecular weight excluding hydrogens is 360 g/mol. The Bertz CT molecular complexity index is 834. The molecular formula is C17H15ClN4O4. The number of nitrogens with zero attached hydrogens (tertiary/aromatic N) is 2. The number of hydrogen-bond donors (Lipinski definition) is 3. The molecule has 3 N–H and O–H groups in total. The van der Waals surface area contributed by atoms with Crippen molar-refractivity contribution in [3.63, 3.8) is 0 Å². The average molecular weight is 375 g/mol. The second-order valence-corrected chi connectivity index (χ2v) is 5.55. The van der Waals surface area contributed by atoms with E-state index in [0.717, 1.165) is 0 Å². The summed E-state index contributed by atoms with van der Waals surface area (Å²) < 4.78 is 5.51. The van der Waals surface area contributed by atoms with Crippen LogP contribution in [0.3, 0.4) is 0 Å². The van der Waals surface area contributed by atoms with E-state index >= 15 is 0 Å². The number of amides is 2. The molecule has 1 heterocycles. The Morgan fingerprint density at radius 1 is 1.27 bits per heavy atom. The number of carboxylic acid groups (broad SMARTS) is 1. The van der Waals surface area contributed by atoms with Crippen molar-refractivity contribution in [3.05, 3.63) is 47.1 Å². The van der Waals surface area contributed by atoms with Gasteiger partial charge in [0.1, 0.15) is 17.6 Å². The zero-order valence-corrected chi connectivity index (χ0v) is 14.3. The molecule has 0 unspecified atom stereocenters. The van der Waals surface area contributed by atoms with Crippen LogP contribution in [0.15, 0.2) is 36.5 Å². The normalized spacial score (nSPS) is 9.85. The number of nitrogens with one attached hydrogen (secondary N) is 2. The highest BCUT2D eigenvalue weighted by atomic mass is 35.5. The van der Waals surface area contributed by atoms with Crippen molar-refractivity contribution in [1.29, 1.82) is 5.26 Å². The number of carboxylic acids is 1. The molecule has 26 heavy (non-hydrogen) atoms. The van der Waals surface area contributed by atoms with Crippen LogP contribution in [0.4, 0.5) is 16.3 Å². The lowest BCUT2D eigenvalue weighted by molar-refractivity contribution is -0.137. The number of halogens is 1. The maximum atomic E-state index is 12.1. The molecule has 8 nitrogen and oxygen atoms in total. The lowest BCUT2D eigenvalue weighted by Gasteiger charge is -2.13. The van der Waals surface area contributed by atoms with Crippen LogP contribution in [0.1, 0.15) is 18.4 Å². The van der Waals surface area contributed by atoms with E-state index in [2.05, 4.69) is 15.6 Å². The number of benzene rings is 1. The minimum Gasteiger partial charge on any atom is -0.491 e. The van der Waals surface area contributed by atoms with Crippen LogP contribution in [0, 0.1) is 11.3 Å². The summed E-state index contributed by atoms with van der Waals surface area (Å²) in [6, 6.07) is 9.08. The van der Waals surface area contributed by atoms with Crippen molar-refractivity contribution in [1.82, 2.24) is 4.98 Å². The van der Waals surface area contributed by atoms with Gasteiger partial charge in [0.15, 0.2) is 0 Å². The summed E-state index contributed by atoms with van der Waals surface area (Å²) in [5.41, 5.74) is 0.710. The number of aliphatic carboxylic acids is 1. The zero-order valence-electron chi connectivity index (χ0n) is 13.5. The minimum absolute atomic E-state index is 0.0127. The van der Waals surface area contributed by atoms with Gasteiger partial charge < -0.3 is 15.2 Å². The number of nitriles is 1. The topological polar surface area (TPSA) is 124 Å². The predicted molar refractivity (Wildman–Crippen MR) is 95.4 cm³/mol. The van der Waals surface area contributed by atoms with Crippen LogP contribution in [0.5, 0.6) is 5.75 Å². The molecule has 0 atom stereocenters. The van der Waals surface area contributed by atoms with E-state index in [1.165, 1.54) is 24.4 Å². The van der Waals surface area contributed by atoms with E-state index in [1.807, 2.05) is 6.07 Å². The second kappa shape index (κ2) is 9.25. The molecule has 9 heteroatoms. The highest BCUT2D eigenvalue weighted by Gasteiger charge is 2.10. The molecule has 2 rings (SSSR count). The molecule has 0 radical (unpaired) electrons. The van der Waals surface area contributed by atoms with Gasteiger partial charge in [0.25, 0.3) is 0 Å². The van der Waals surface area contributed by atoms with Gasteiger partial charge in [0, 0.05) is 17.6 Å². The molecule has 0 aliphatic rings. The van der Waals surface area contributed by atoms with Gasteiger partial charge in [-0.25, -0.2) is 9.78 Å². The number of aromatic nitrogens is 1. The van der Waals surface area contributed by atoms with E-state index in [4.69, 9.17) is 26.7 Å². The summed E-state index contributed by atoms with van der Waals surface area (Å²) in [5, 5.41) is 22.9. The Labute approximate surface area is 154 Å². The number of anilines is 2. The molecule has 0 aliphatic carbocycles. The fourth-order valence-corrected chi connectivity index (χ4v) is 2.11. The van der Waals surface area contributed by atoms with Crippen molar-refractivity contribution in [3.8, 4) is 11.8 Å². The highest BCUT2D eigenvalue weighted by Crippen LogP contribution is 2.28. The summed E-state index contributed by atoms with van der Waals surface area (Å²) in [5.74, 6) is -0.271. The Morgan fingerprint density at radius 3 is 2.73 bits per heavy atom. The Kier molecular flexibility index (Phi) is 6.76. The van der Waals surface area contributed by atoms with Crippen molar-refractivity contribution >= 4 is 35.1 Å². The summed E-state index contributed by atoms with van der Waals surface area (Å²) in [6.45, 7) is 0.182. The standard InChI is InChI=1S/C17H15ClN4O4/c18-12-4-5-14(26-7-1-2-16(23)24)13(8-12)21-17(25)22-15-6-3-11(9-19)10-20-15/h3-6,8,10H,1-2,7H2,(H,23,24)(H2,20,21,22,25). The van der Waals surface area contributed by atoms with Gasteiger partial charge in [0.05, 0.1) is 17.9 Å². The third kappa shape index (κ3) is 5.96. The Hall–Kier alpha value is -3.31. The van der Waals surface area contributed by atoms with Crippen molar-refractivity contribution in [2.75, 3.05) is 17.2 Å². The van der Waals surface area contributed by atoms with Crippen molar-refractivity contribution in [2.45, 2.75) is 12.8 Å². The molecule has 0 spiro atoms. The maximum Gasteiger partial charge on any atom is 0.324 e. The molecule has 134 valence electrons. The quantitative estimate of drug-likeness (QED) is 0.637. The minimum atomic E-state index is -0.905. The number of ether oxygens (including phenoxy) is 1. The first-order chi connectivity index (χ1) is 12.5. The van der Waals surface area contributed by atoms with Crippen LogP contribution in [-0.4, -0.2) is 28.7 Å². The smallest absolute Gasteiger partial charge is 0.324 e. The van der Waals surface area contributed by atoms with Gasteiger partial charge in [-0.2, -0.15) is 5.26 Å². The molecule has 0 saturated carbocycles.